The normalized spacial score (nSPS) is 49.7. The molecule has 152 valence electrons. The van der Waals surface area contributed by atoms with E-state index in [4.69, 9.17) is 4.74 Å². The summed E-state index contributed by atoms with van der Waals surface area (Å²) in [6.45, 7) is 11.5. The second-order valence-electron chi connectivity index (χ2n) is 9.72. The second kappa shape index (κ2) is 6.70. The lowest BCUT2D eigenvalue weighted by molar-refractivity contribution is -0.207. The van der Waals surface area contributed by atoms with Crippen molar-refractivity contribution in [1.82, 2.24) is 0 Å². The number of ketones is 1. The summed E-state index contributed by atoms with van der Waals surface area (Å²) in [6.07, 6.45) is 4.10. The predicted molar refractivity (Wildman–Crippen MR) is 102 cm³/mol. The molecule has 5 nitrogen and oxygen atoms in total. The van der Waals surface area contributed by atoms with Crippen molar-refractivity contribution < 1.29 is 24.5 Å². The Labute approximate surface area is 162 Å². The van der Waals surface area contributed by atoms with Crippen LogP contribution in [0.3, 0.4) is 0 Å². The quantitative estimate of drug-likeness (QED) is 0.583. The zero-order chi connectivity index (χ0) is 20.2. The Morgan fingerprint density at radius 3 is 2.59 bits per heavy atom. The zero-order valence-corrected chi connectivity index (χ0v) is 17.0. The van der Waals surface area contributed by atoms with Gasteiger partial charge >= 0.3 is 5.97 Å². The highest BCUT2D eigenvalue weighted by Crippen LogP contribution is 2.67. The van der Waals surface area contributed by atoms with Gasteiger partial charge in [-0.1, -0.05) is 33.8 Å². The highest BCUT2D eigenvalue weighted by Gasteiger charge is 2.68. The number of carbonyl (C=O) groups excluding carboxylic acids is 2. The van der Waals surface area contributed by atoms with Gasteiger partial charge in [0.05, 0.1) is 6.10 Å². The molecule has 3 rings (SSSR count). The second-order valence-corrected chi connectivity index (χ2v) is 9.72. The van der Waals surface area contributed by atoms with Crippen molar-refractivity contribution in [2.75, 3.05) is 6.61 Å². The Morgan fingerprint density at radius 2 is 2.00 bits per heavy atom. The molecule has 1 unspecified atom stereocenters. The van der Waals surface area contributed by atoms with E-state index in [1.807, 2.05) is 6.92 Å². The van der Waals surface area contributed by atoms with Gasteiger partial charge in [0.15, 0.2) is 0 Å². The molecule has 2 N–H and O–H groups in total. The molecule has 0 aromatic rings. The van der Waals surface area contributed by atoms with E-state index in [9.17, 15) is 19.8 Å². The SMILES string of the molecule is C=C[C@@]1(C)C[C@@H](OC(=O)CO)[C@]2(C)C(C)CC[C@]3(CCC(=O)[C@H]32)[C@@H](C)[C@@H]1O. The minimum atomic E-state index is -0.686. The number of esters is 1. The van der Waals surface area contributed by atoms with Crippen LogP contribution in [0.25, 0.3) is 0 Å². The molecule has 3 saturated carbocycles. The van der Waals surface area contributed by atoms with Crippen molar-refractivity contribution in [3.8, 4) is 0 Å². The molecule has 0 aromatic carbocycles. The maximum atomic E-state index is 13.1. The molecule has 3 aliphatic rings. The Balaban J connectivity index is 2.21. The van der Waals surface area contributed by atoms with Gasteiger partial charge in [0.1, 0.15) is 18.5 Å². The number of rotatable bonds is 3. The topological polar surface area (TPSA) is 83.8 Å². The first-order chi connectivity index (χ1) is 12.6. The van der Waals surface area contributed by atoms with Crippen molar-refractivity contribution in [2.24, 2.45) is 34.0 Å². The molecule has 5 heteroatoms. The van der Waals surface area contributed by atoms with Crippen molar-refractivity contribution in [3.63, 3.8) is 0 Å². The van der Waals surface area contributed by atoms with Crippen LogP contribution < -0.4 is 0 Å². The predicted octanol–water partition coefficient (Wildman–Crippen LogP) is 2.89. The smallest absolute Gasteiger partial charge is 0.332 e. The molecule has 0 amide bonds. The number of aliphatic hydroxyl groups excluding tert-OH is 2. The van der Waals surface area contributed by atoms with Crippen molar-refractivity contribution >= 4 is 11.8 Å². The Kier molecular flexibility index (Phi) is 5.09. The molecule has 0 spiro atoms. The summed E-state index contributed by atoms with van der Waals surface area (Å²) in [5.41, 5.74) is -1.43. The van der Waals surface area contributed by atoms with Gasteiger partial charge < -0.3 is 14.9 Å². The van der Waals surface area contributed by atoms with Gasteiger partial charge in [-0.15, -0.1) is 6.58 Å². The Hall–Kier alpha value is -1.20. The minimum Gasteiger partial charge on any atom is -0.460 e. The molecule has 27 heavy (non-hydrogen) atoms. The van der Waals surface area contributed by atoms with Gasteiger partial charge in [-0.25, -0.2) is 4.79 Å². The number of aliphatic hydroxyl groups is 2. The van der Waals surface area contributed by atoms with Crippen LogP contribution in [0, 0.1) is 34.0 Å². The summed E-state index contributed by atoms with van der Waals surface area (Å²) in [7, 11) is 0. The molecule has 8 atom stereocenters. The van der Waals surface area contributed by atoms with Crippen LogP contribution >= 0.6 is 0 Å². The molecular formula is C22H34O5. The lowest BCUT2D eigenvalue weighted by Gasteiger charge is -2.61. The fraction of sp³-hybridized carbons (Fsp3) is 0.818. The Bertz CT molecular complexity index is 645. The lowest BCUT2D eigenvalue weighted by Crippen LogP contribution is -2.63. The standard InChI is InChI=1S/C22H34O5/c1-6-20(4)11-16(27-17(25)12-23)21(5)13(2)7-9-22(14(3)19(20)26)10-8-15(24)18(21)22/h6,13-14,16,18-19,23,26H,1,7-12H2,2-5H3/t13?,14-,16+,18-,19-,20-,21-,22-/m0/s1. The third kappa shape index (κ3) is 2.72. The maximum Gasteiger partial charge on any atom is 0.332 e. The maximum absolute atomic E-state index is 13.1. The van der Waals surface area contributed by atoms with E-state index in [0.29, 0.717) is 12.8 Å². The van der Waals surface area contributed by atoms with Crippen LogP contribution in [0.2, 0.25) is 0 Å². The average molecular weight is 379 g/mol. The largest absolute Gasteiger partial charge is 0.460 e. The van der Waals surface area contributed by atoms with Gasteiger partial charge in [-0.05, 0) is 42.9 Å². The fourth-order valence-corrected chi connectivity index (χ4v) is 6.70. The minimum absolute atomic E-state index is 0.0433. The summed E-state index contributed by atoms with van der Waals surface area (Å²) >= 11 is 0. The third-order valence-electron chi connectivity index (χ3n) is 8.70. The van der Waals surface area contributed by atoms with E-state index in [1.165, 1.54) is 0 Å². The van der Waals surface area contributed by atoms with Crippen molar-refractivity contribution in [2.45, 2.75) is 72.0 Å². The summed E-state index contributed by atoms with van der Waals surface area (Å²) in [6, 6.07) is 0. The van der Waals surface area contributed by atoms with Gasteiger partial charge in [0.2, 0.25) is 0 Å². The molecular weight excluding hydrogens is 344 g/mol. The molecule has 2 bridgehead atoms. The van der Waals surface area contributed by atoms with E-state index < -0.39 is 35.6 Å². The number of carbonyl (C=O) groups is 2. The highest BCUT2D eigenvalue weighted by atomic mass is 16.6. The number of Topliss-reactive ketones (excluding diaryl/α,β-unsaturated/α-hetero) is 1. The summed E-state index contributed by atoms with van der Waals surface area (Å²) < 4.78 is 5.77. The monoisotopic (exact) mass is 378 g/mol. The van der Waals surface area contributed by atoms with Crippen LogP contribution in [-0.2, 0) is 14.3 Å². The number of hydrogen-bond acceptors (Lipinski definition) is 5. The molecule has 0 radical (unpaired) electrons. The molecule has 0 heterocycles. The number of hydrogen-bond donors (Lipinski definition) is 2. The zero-order valence-electron chi connectivity index (χ0n) is 17.0. The molecule has 3 fully saturated rings. The van der Waals surface area contributed by atoms with Crippen LogP contribution in [0.5, 0.6) is 0 Å². The van der Waals surface area contributed by atoms with E-state index in [1.54, 1.807) is 6.08 Å². The Morgan fingerprint density at radius 1 is 1.33 bits per heavy atom. The average Bonchev–Trinajstić information content (AvgIpc) is 3.00. The van der Waals surface area contributed by atoms with E-state index >= 15 is 0 Å². The first-order valence-electron chi connectivity index (χ1n) is 10.2. The highest BCUT2D eigenvalue weighted by molar-refractivity contribution is 5.85. The first-order valence-corrected chi connectivity index (χ1v) is 10.2. The van der Waals surface area contributed by atoms with Crippen LogP contribution in [0.4, 0.5) is 0 Å². The van der Waals surface area contributed by atoms with Crippen LogP contribution in [-0.4, -0.2) is 40.8 Å². The van der Waals surface area contributed by atoms with Crippen LogP contribution in [0.1, 0.15) is 59.8 Å². The van der Waals surface area contributed by atoms with E-state index in [2.05, 4.69) is 27.4 Å². The first kappa shape index (κ1) is 20.5. The molecule has 3 aliphatic carbocycles. The summed E-state index contributed by atoms with van der Waals surface area (Å²) in [5, 5.41) is 20.6. The number of ether oxygens (including phenoxy) is 1. The fourth-order valence-electron chi connectivity index (χ4n) is 6.70. The molecule has 0 saturated heterocycles. The van der Waals surface area contributed by atoms with E-state index in [0.717, 1.165) is 19.3 Å². The van der Waals surface area contributed by atoms with Gasteiger partial charge in [-0.2, -0.15) is 0 Å². The molecule has 0 aliphatic heterocycles. The van der Waals surface area contributed by atoms with Gasteiger partial charge in [0.25, 0.3) is 0 Å². The van der Waals surface area contributed by atoms with Crippen molar-refractivity contribution in [1.29, 1.82) is 0 Å². The van der Waals surface area contributed by atoms with Crippen molar-refractivity contribution in [3.05, 3.63) is 12.7 Å². The lowest BCUT2D eigenvalue weighted by atomic mass is 9.44. The summed E-state index contributed by atoms with van der Waals surface area (Å²) in [4.78, 5) is 25.2. The van der Waals surface area contributed by atoms with Crippen LogP contribution in [0.15, 0.2) is 12.7 Å². The van der Waals surface area contributed by atoms with Gasteiger partial charge in [-0.3, -0.25) is 4.79 Å². The van der Waals surface area contributed by atoms with Gasteiger partial charge in [0, 0.05) is 23.2 Å². The van der Waals surface area contributed by atoms with E-state index in [-0.39, 0.29) is 29.0 Å². The summed E-state index contributed by atoms with van der Waals surface area (Å²) in [5.74, 6) is -0.520. The molecule has 0 aromatic heterocycles. The third-order valence-corrected chi connectivity index (χ3v) is 8.70.